The Morgan fingerprint density at radius 1 is 0.405 bits per heavy atom. The van der Waals surface area contributed by atoms with E-state index in [1.807, 2.05) is 0 Å². The maximum Gasteiger partial charge on any atom is 0.332 e. The van der Waals surface area contributed by atoms with Gasteiger partial charge in [-0.1, -0.05) is 203 Å². The van der Waals surface area contributed by atoms with Crippen molar-refractivity contribution in [3.05, 3.63) is 48.5 Å². The van der Waals surface area contributed by atoms with Crippen LogP contribution < -0.4 is 0 Å². The van der Waals surface area contributed by atoms with Crippen molar-refractivity contribution in [2.45, 2.75) is 167 Å². The van der Waals surface area contributed by atoms with Crippen LogP contribution in [0.2, 0.25) is 0 Å². The third-order valence-electron chi connectivity index (χ3n) is 5.76. The Balaban J connectivity index is -0.000000202. The molecule has 2 N–H and O–H groups in total. The van der Waals surface area contributed by atoms with E-state index in [1.54, 1.807) is 0 Å². The smallest absolute Gasteiger partial charge is 0.332 e. The van der Waals surface area contributed by atoms with Gasteiger partial charge in [-0.25, -0.2) is 4.79 Å². The first-order valence-corrected chi connectivity index (χ1v) is 15.4. The number of carboxylic acid groups (broad SMARTS) is 1. The molecule has 3 nitrogen and oxygen atoms in total. The Bertz CT molecular complexity index is 310. The highest BCUT2D eigenvalue weighted by Gasteiger charge is 2.11. The van der Waals surface area contributed by atoms with Gasteiger partial charge < -0.3 is 10.2 Å². The number of rotatable bonds is 23. The van der Waals surface area contributed by atoms with E-state index in [1.165, 1.54) is 77.0 Å². The van der Waals surface area contributed by atoms with Crippen molar-refractivity contribution in [2.75, 3.05) is 0 Å². The SMILES string of the molecule is [CH2]CCCCCCCC(O)C(=O)O.[CH2]CCCCCC[CH2].[CH2]CCCCCC[CH2].[CH2]CCCCCC[CH2]. The van der Waals surface area contributed by atoms with E-state index < -0.39 is 12.1 Å². The predicted molar refractivity (Wildman–Crippen MR) is 167 cm³/mol. The third-order valence-corrected chi connectivity index (χ3v) is 5.76. The molecule has 0 rings (SSSR count). The molecule has 0 spiro atoms. The number of hydrogen-bond acceptors (Lipinski definition) is 2. The zero-order chi connectivity index (χ0) is 28.8. The highest BCUT2D eigenvalue weighted by Crippen LogP contribution is 2.08. The van der Waals surface area contributed by atoms with Crippen molar-refractivity contribution in [2.24, 2.45) is 0 Å². The van der Waals surface area contributed by atoms with Crippen molar-refractivity contribution in [3.63, 3.8) is 0 Å². The number of aliphatic hydroxyl groups is 1. The zero-order valence-corrected chi connectivity index (χ0v) is 25.0. The second kappa shape index (κ2) is 45.4. The number of aliphatic carboxylic acids is 1. The lowest BCUT2D eigenvalue weighted by molar-refractivity contribution is -0.146. The molecule has 0 fully saturated rings. The molecule has 0 aliphatic carbocycles. The summed E-state index contributed by atoms with van der Waals surface area (Å²) in [6, 6.07) is 0. The summed E-state index contributed by atoms with van der Waals surface area (Å²) in [7, 11) is 0. The van der Waals surface area contributed by atoms with Crippen molar-refractivity contribution in [1.29, 1.82) is 0 Å². The van der Waals surface area contributed by atoms with E-state index in [9.17, 15) is 4.79 Å². The minimum Gasteiger partial charge on any atom is -0.479 e. The van der Waals surface area contributed by atoms with Crippen LogP contribution in [0.4, 0.5) is 0 Å². The van der Waals surface area contributed by atoms with Crippen LogP contribution in [0, 0.1) is 48.5 Å². The molecule has 0 bridgehead atoms. The van der Waals surface area contributed by atoms with Crippen LogP contribution in [-0.4, -0.2) is 22.3 Å². The molecular weight excluding hydrogens is 456 g/mol. The van der Waals surface area contributed by atoms with Crippen molar-refractivity contribution >= 4 is 5.97 Å². The Labute approximate surface area is 236 Å². The van der Waals surface area contributed by atoms with Crippen LogP contribution in [0.25, 0.3) is 0 Å². The van der Waals surface area contributed by atoms with Gasteiger partial charge in [-0.15, -0.1) is 0 Å². The van der Waals surface area contributed by atoms with Crippen LogP contribution in [0.15, 0.2) is 0 Å². The molecule has 7 radical (unpaired) electrons. The van der Waals surface area contributed by atoms with Gasteiger partial charge in [0.05, 0.1) is 0 Å². The van der Waals surface area contributed by atoms with Crippen LogP contribution in [0.3, 0.4) is 0 Å². The molecule has 0 aromatic heterocycles. The average molecular weight is 524 g/mol. The van der Waals surface area contributed by atoms with Crippen molar-refractivity contribution in [3.8, 4) is 0 Å². The minimum atomic E-state index is -1.17. The Morgan fingerprint density at radius 3 is 0.784 bits per heavy atom. The molecule has 0 saturated carbocycles. The van der Waals surface area contributed by atoms with E-state index in [2.05, 4.69) is 48.5 Å². The maximum atomic E-state index is 10.2. The summed E-state index contributed by atoms with van der Waals surface area (Å²) in [5.74, 6) is -1.11. The quantitative estimate of drug-likeness (QED) is 0.131. The normalized spacial score (nSPS) is 10.8. The fourth-order valence-electron chi connectivity index (χ4n) is 3.29. The van der Waals surface area contributed by atoms with Crippen molar-refractivity contribution < 1.29 is 15.0 Å². The first-order valence-electron chi connectivity index (χ1n) is 15.4. The standard InChI is InChI=1S/C10H19O3.3C8H16/c1-2-3-4-5-6-7-8-9(11)10(12)13;3*1-3-5-7-8-6-4-2/h9,11H,1-8H2,(H,12,13);3*1-8H2. The number of aliphatic hydroxyl groups excluding tert-OH is 1. The minimum absolute atomic E-state index is 0.375. The molecule has 37 heavy (non-hydrogen) atoms. The van der Waals surface area contributed by atoms with Gasteiger partial charge in [0.15, 0.2) is 6.10 Å². The van der Waals surface area contributed by atoms with Gasteiger partial charge in [-0.2, -0.15) is 0 Å². The molecule has 0 aliphatic rings. The van der Waals surface area contributed by atoms with Crippen LogP contribution in [-0.2, 0) is 4.79 Å². The molecule has 0 aromatic carbocycles. The van der Waals surface area contributed by atoms with E-state index in [0.29, 0.717) is 6.42 Å². The van der Waals surface area contributed by atoms with Gasteiger partial charge in [-0.3, -0.25) is 0 Å². The topological polar surface area (TPSA) is 57.5 Å². The molecule has 0 aliphatic heterocycles. The van der Waals surface area contributed by atoms with E-state index >= 15 is 0 Å². The molecule has 3 heteroatoms. The van der Waals surface area contributed by atoms with Crippen LogP contribution in [0.1, 0.15) is 161 Å². The highest BCUT2D eigenvalue weighted by atomic mass is 16.4. The molecule has 0 aromatic rings. The molecule has 0 saturated heterocycles. The van der Waals surface area contributed by atoms with E-state index in [0.717, 1.165) is 77.0 Å². The zero-order valence-electron chi connectivity index (χ0n) is 25.0. The molecule has 0 heterocycles. The lowest BCUT2D eigenvalue weighted by Crippen LogP contribution is -2.18. The van der Waals surface area contributed by atoms with Gasteiger partial charge >= 0.3 is 5.97 Å². The van der Waals surface area contributed by atoms with Crippen LogP contribution >= 0.6 is 0 Å². The summed E-state index contributed by atoms with van der Waals surface area (Å²) in [4.78, 5) is 10.2. The lowest BCUT2D eigenvalue weighted by atomic mass is 10.1. The summed E-state index contributed by atoms with van der Waals surface area (Å²) in [5.41, 5.74) is 0. The fourth-order valence-corrected chi connectivity index (χ4v) is 3.29. The largest absolute Gasteiger partial charge is 0.479 e. The molecule has 1 unspecified atom stereocenters. The number of carbonyl (C=O) groups is 1. The highest BCUT2D eigenvalue weighted by molar-refractivity contribution is 5.71. The molecule has 1 atom stereocenters. The summed E-state index contributed by atoms with van der Waals surface area (Å²) in [5, 5.41) is 17.3. The fraction of sp³-hybridized carbons (Fsp3) is 0.765. The van der Waals surface area contributed by atoms with Crippen LogP contribution in [0.5, 0.6) is 0 Å². The van der Waals surface area contributed by atoms with Gasteiger partial charge in [-0.05, 0) is 6.42 Å². The number of carboxylic acids is 1. The Morgan fingerprint density at radius 2 is 0.595 bits per heavy atom. The summed E-state index contributed by atoms with van der Waals surface area (Å²) in [6.45, 7) is 26.3. The molecule has 221 valence electrons. The second-order valence-corrected chi connectivity index (χ2v) is 9.63. The first-order chi connectivity index (χ1) is 17.9. The summed E-state index contributed by atoms with van der Waals surface area (Å²) in [6.07, 6.45) is 27.8. The Kier molecular flexibility index (Phi) is 53.3. The summed E-state index contributed by atoms with van der Waals surface area (Å²) < 4.78 is 0. The van der Waals surface area contributed by atoms with Gasteiger partial charge in [0, 0.05) is 0 Å². The summed E-state index contributed by atoms with van der Waals surface area (Å²) >= 11 is 0. The van der Waals surface area contributed by atoms with Gasteiger partial charge in [0.25, 0.3) is 0 Å². The number of unbranched alkanes of at least 4 members (excludes halogenated alkanes) is 20. The van der Waals surface area contributed by atoms with E-state index in [-0.39, 0.29) is 0 Å². The number of hydrogen-bond donors (Lipinski definition) is 2. The van der Waals surface area contributed by atoms with Gasteiger partial charge in [0.2, 0.25) is 0 Å². The second-order valence-electron chi connectivity index (χ2n) is 9.63. The average Bonchev–Trinajstić information content (AvgIpc) is 2.90. The third kappa shape index (κ3) is 56.7. The molecular formula is C34H67O3. The predicted octanol–water partition coefficient (Wildman–Crippen LogP) is 11.0. The van der Waals surface area contributed by atoms with Crippen molar-refractivity contribution in [1.82, 2.24) is 0 Å². The van der Waals surface area contributed by atoms with Gasteiger partial charge in [0.1, 0.15) is 0 Å². The van der Waals surface area contributed by atoms with E-state index in [4.69, 9.17) is 10.2 Å². The monoisotopic (exact) mass is 524 g/mol. The first kappa shape index (κ1) is 43.5. The maximum absolute atomic E-state index is 10.2. The molecule has 0 amide bonds. The Hall–Kier alpha value is -0.570. The lowest BCUT2D eigenvalue weighted by Gasteiger charge is -2.04.